The molecular formula is C14H21ClF2N2O. The molecule has 0 atom stereocenters. The van der Waals surface area contributed by atoms with Crippen LogP contribution >= 0.6 is 11.6 Å². The molecule has 1 aromatic rings. The van der Waals surface area contributed by atoms with Gasteiger partial charge in [-0.15, -0.1) is 0 Å². The van der Waals surface area contributed by atoms with Gasteiger partial charge in [0.05, 0.1) is 19.0 Å². The van der Waals surface area contributed by atoms with Gasteiger partial charge >= 0.3 is 0 Å². The van der Waals surface area contributed by atoms with Gasteiger partial charge in [-0.3, -0.25) is 0 Å². The van der Waals surface area contributed by atoms with Crippen molar-refractivity contribution in [2.75, 3.05) is 6.61 Å². The number of nitrogens with zero attached hydrogens (tertiary/aromatic N) is 2. The van der Waals surface area contributed by atoms with E-state index in [-0.39, 0.29) is 11.7 Å². The molecule has 0 bridgehead atoms. The Kier molecular flexibility index (Phi) is 9.20. The van der Waals surface area contributed by atoms with Crippen LogP contribution in [0, 0.1) is 0 Å². The van der Waals surface area contributed by atoms with Crippen LogP contribution in [0.25, 0.3) is 0 Å². The quantitative estimate of drug-likeness (QED) is 0.431. The van der Waals surface area contributed by atoms with Crippen LogP contribution in [0.2, 0.25) is 5.28 Å². The zero-order chi connectivity index (χ0) is 14.6. The molecule has 0 saturated heterocycles. The van der Waals surface area contributed by atoms with Crippen molar-refractivity contribution in [1.29, 1.82) is 0 Å². The van der Waals surface area contributed by atoms with Crippen molar-refractivity contribution >= 4 is 11.6 Å². The summed E-state index contributed by atoms with van der Waals surface area (Å²) in [6, 6.07) is 0. The maximum Gasteiger partial charge on any atom is 0.238 e. The lowest BCUT2D eigenvalue weighted by atomic mass is 10.1. The number of hydrogen-bond donors (Lipinski definition) is 0. The molecule has 6 heteroatoms. The highest BCUT2D eigenvalue weighted by molar-refractivity contribution is 6.28. The monoisotopic (exact) mass is 306 g/mol. The van der Waals surface area contributed by atoms with E-state index in [1.165, 1.54) is 0 Å². The van der Waals surface area contributed by atoms with Crippen LogP contribution in [0.4, 0.5) is 8.78 Å². The zero-order valence-electron chi connectivity index (χ0n) is 11.5. The Morgan fingerprint density at radius 1 is 0.950 bits per heavy atom. The fraction of sp³-hybridized carbons (Fsp3) is 0.714. The Labute approximate surface area is 123 Å². The molecule has 3 nitrogen and oxygen atoms in total. The summed E-state index contributed by atoms with van der Waals surface area (Å²) in [7, 11) is 0. The van der Waals surface area contributed by atoms with E-state index in [0.29, 0.717) is 18.8 Å². The van der Waals surface area contributed by atoms with Crippen LogP contribution in [0.3, 0.4) is 0 Å². The minimum atomic E-state index is -2.15. The number of hydrogen-bond acceptors (Lipinski definition) is 3. The van der Waals surface area contributed by atoms with E-state index >= 15 is 0 Å². The lowest BCUT2D eigenvalue weighted by molar-refractivity contribution is 0.133. The van der Waals surface area contributed by atoms with Gasteiger partial charge in [0.25, 0.3) is 0 Å². The Hall–Kier alpha value is -0.970. The Morgan fingerprint density at radius 3 is 2.10 bits per heavy atom. The van der Waals surface area contributed by atoms with Gasteiger partial charge in [0.15, 0.2) is 5.75 Å². The molecule has 0 spiro atoms. The second kappa shape index (κ2) is 10.8. The molecule has 0 aliphatic rings. The van der Waals surface area contributed by atoms with E-state index in [1.54, 1.807) is 12.4 Å². The van der Waals surface area contributed by atoms with E-state index in [4.69, 9.17) is 16.3 Å². The summed E-state index contributed by atoms with van der Waals surface area (Å²) in [4.78, 5) is 7.65. The average molecular weight is 307 g/mol. The van der Waals surface area contributed by atoms with Gasteiger partial charge in [0.2, 0.25) is 11.7 Å². The number of alkyl halides is 2. The minimum Gasteiger partial charge on any atom is -0.490 e. The van der Waals surface area contributed by atoms with Gasteiger partial charge in [-0.2, -0.15) is 0 Å². The van der Waals surface area contributed by atoms with E-state index in [9.17, 15) is 8.78 Å². The molecule has 0 amide bonds. The highest BCUT2D eigenvalue weighted by Gasteiger charge is 2.01. The van der Waals surface area contributed by atoms with Crippen molar-refractivity contribution in [1.82, 2.24) is 9.97 Å². The molecule has 1 heterocycles. The molecule has 20 heavy (non-hydrogen) atoms. The Morgan fingerprint density at radius 2 is 1.50 bits per heavy atom. The molecule has 0 aliphatic heterocycles. The van der Waals surface area contributed by atoms with Crippen molar-refractivity contribution in [3.05, 3.63) is 17.7 Å². The van der Waals surface area contributed by atoms with Gasteiger partial charge in [0, 0.05) is 6.42 Å². The minimum absolute atomic E-state index is 0.0387. The van der Waals surface area contributed by atoms with E-state index in [2.05, 4.69) is 9.97 Å². The van der Waals surface area contributed by atoms with Gasteiger partial charge in [-0.05, 0) is 24.4 Å². The molecule has 0 aromatic carbocycles. The van der Waals surface area contributed by atoms with Crippen molar-refractivity contribution in [2.45, 2.75) is 57.8 Å². The highest BCUT2D eigenvalue weighted by atomic mass is 35.5. The number of aromatic nitrogens is 2. The van der Waals surface area contributed by atoms with Crippen molar-refractivity contribution in [2.24, 2.45) is 0 Å². The number of rotatable bonds is 11. The van der Waals surface area contributed by atoms with E-state index < -0.39 is 6.43 Å². The second-order valence-corrected chi connectivity index (χ2v) is 5.03. The van der Waals surface area contributed by atoms with Gasteiger partial charge < -0.3 is 4.74 Å². The molecule has 114 valence electrons. The zero-order valence-corrected chi connectivity index (χ0v) is 12.3. The number of unbranched alkanes of at least 4 members (excludes halogenated alkanes) is 6. The molecule has 0 saturated carbocycles. The summed E-state index contributed by atoms with van der Waals surface area (Å²) in [5.74, 6) is 0.626. The lowest BCUT2D eigenvalue weighted by Crippen LogP contribution is -1.98. The second-order valence-electron chi connectivity index (χ2n) is 4.69. The first-order chi connectivity index (χ1) is 9.68. The van der Waals surface area contributed by atoms with Crippen LogP contribution < -0.4 is 4.74 Å². The van der Waals surface area contributed by atoms with Gasteiger partial charge in [0.1, 0.15) is 0 Å². The molecule has 1 rings (SSSR count). The number of ether oxygens (including phenoxy) is 1. The average Bonchev–Trinajstić information content (AvgIpc) is 2.42. The smallest absolute Gasteiger partial charge is 0.238 e. The summed E-state index contributed by atoms with van der Waals surface area (Å²) in [5, 5.41) is 0.212. The fourth-order valence-corrected chi connectivity index (χ4v) is 1.95. The number of halogens is 3. The first-order valence-corrected chi connectivity index (χ1v) is 7.45. The predicted octanol–water partition coefficient (Wildman–Crippen LogP) is 4.89. The first kappa shape index (κ1) is 17.1. The van der Waals surface area contributed by atoms with Gasteiger partial charge in [-0.25, -0.2) is 18.7 Å². The topological polar surface area (TPSA) is 35.0 Å². The van der Waals surface area contributed by atoms with Crippen LogP contribution in [-0.4, -0.2) is 23.0 Å². The molecule has 0 radical (unpaired) electrons. The van der Waals surface area contributed by atoms with E-state index in [1.807, 2.05) is 0 Å². The highest BCUT2D eigenvalue weighted by Crippen LogP contribution is 2.12. The fourth-order valence-electron chi connectivity index (χ4n) is 1.85. The summed E-state index contributed by atoms with van der Waals surface area (Å²) in [6.07, 6.45) is 7.86. The van der Waals surface area contributed by atoms with Crippen LogP contribution in [0.1, 0.15) is 51.4 Å². The SMILES string of the molecule is FC(F)CCCCCCCCCOc1cnc(Cl)nc1. The summed E-state index contributed by atoms with van der Waals surface area (Å²) < 4.78 is 29.2. The summed E-state index contributed by atoms with van der Waals surface area (Å²) in [5.41, 5.74) is 0. The molecule has 0 aliphatic carbocycles. The lowest BCUT2D eigenvalue weighted by Gasteiger charge is -2.05. The predicted molar refractivity (Wildman–Crippen MR) is 75.5 cm³/mol. The Bertz CT molecular complexity index is 350. The van der Waals surface area contributed by atoms with Crippen molar-refractivity contribution in [3.8, 4) is 5.75 Å². The summed E-state index contributed by atoms with van der Waals surface area (Å²) >= 11 is 5.56. The normalized spacial score (nSPS) is 11.0. The summed E-state index contributed by atoms with van der Waals surface area (Å²) in [6.45, 7) is 0.635. The third kappa shape index (κ3) is 9.02. The van der Waals surface area contributed by atoms with Gasteiger partial charge in [-0.1, -0.05) is 32.1 Å². The standard InChI is InChI=1S/C14H21ClF2N2O/c15-14-18-10-12(11-19-14)20-9-7-5-3-1-2-4-6-8-13(16)17/h10-11,13H,1-9H2. The maximum atomic E-state index is 11.9. The largest absolute Gasteiger partial charge is 0.490 e. The molecule has 0 N–H and O–H groups in total. The van der Waals surface area contributed by atoms with Crippen molar-refractivity contribution in [3.63, 3.8) is 0 Å². The third-order valence-corrected chi connectivity index (χ3v) is 3.13. The maximum absolute atomic E-state index is 11.9. The molecule has 0 fully saturated rings. The van der Waals surface area contributed by atoms with Crippen LogP contribution in [-0.2, 0) is 0 Å². The van der Waals surface area contributed by atoms with Crippen LogP contribution in [0.15, 0.2) is 12.4 Å². The van der Waals surface area contributed by atoms with Crippen LogP contribution in [0.5, 0.6) is 5.75 Å². The Balaban J connectivity index is 1.86. The third-order valence-electron chi connectivity index (χ3n) is 2.93. The van der Waals surface area contributed by atoms with E-state index in [0.717, 1.165) is 38.5 Å². The van der Waals surface area contributed by atoms with Crippen molar-refractivity contribution < 1.29 is 13.5 Å². The molecule has 0 unspecified atom stereocenters. The molecule has 1 aromatic heterocycles. The first-order valence-electron chi connectivity index (χ1n) is 7.07. The molecular weight excluding hydrogens is 286 g/mol.